The Morgan fingerprint density at radius 1 is 0.919 bits per heavy atom. The lowest BCUT2D eigenvalue weighted by Gasteiger charge is -2.36. The molecule has 188 valence electrons. The zero-order valence-corrected chi connectivity index (χ0v) is 23.2. The second-order valence-corrected chi connectivity index (χ2v) is 11.5. The first-order valence-corrected chi connectivity index (χ1v) is 14.5. The van der Waals surface area contributed by atoms with Gasteiger partial charge in [0, 0.05) is 58.5 Å². The van der Waals surface area contributed by atoms with E-state index in [0.29, 0.717) is 18.8 Å². The SMILES string of the molecule is O=C(CSc1nc(-c2ccc(Br)cc2)cs1)Nc1ccc(N2CCN(C(=O)c3ccccc3)CC2)cc1. The van der Waals surface area contributed by atoms with E-state index in [2.05, 4.69) is 31.1 Å². The number of hydrogen-bond donors (Lipinski definition) is 1. The molecular formula is C28H25BrN4O2S2. The number of thioether (sulfide) groups is 1. The highest BCUT2D eigenvalue weighted by Gasteiger charge is 2.22. The van der Waals surface area contributed by atoms with Crippen LogP contribution in [-0.4, -0.2) is 53.6 Å². The molecule has 0 aliphatic carbocycles. The second-order valence-electron chi connectivity index (χ2n) is 8.53. The van der Waals surface area contributed by atoms with E-state index in [1.165, 1.54) is 11.8 Å². The van der Waals surface area contributed by atoms with Gasteiger partial charge in [0.05, 0.1) is 11.4 Å². The van der Waals surface area contributed by atoms with Crippen molar-refractivity contribution in [1.29, 1.82) is 0 Å². The molecule has 5 rings (SSSR count). The number of nitrogens with zero attached hydrogens (tertiary/aromatic N) is 3. The number of benzene rings is 3. The number of hydrogen-bond acceptors (Lipinski definition) is 6. The number of piperazine rings is 1. The van der Waals surface area contributed by atoms with Crippen LogP contribution in [0.2, 0.25) is 0 Å². The summed E-state index contributed by atoms with van der Waals surface area (Å²) in [6.07, 6.45) is 0. The van der Waals surface area contributed by atoms with Crippen molar-refractivity contribution < 1.29 is 9.59 Å². The van der Waals surface area contributed by atoms with Crippen LogP contribution < -0.4 is 10.2 Å². The summed E-state index contributed by atoms with van der Waals surface area (Å²) in [4.78, 5) is 34.0. The Labute approximate surface area is 232 Å². The molecule has 0 spiro atoms. The van der Waals surface area contributed by atoms with Gasteiger partial charge in [-0.2, -0.15) is 0 Å². The van der Waals surface area contributed by atoms with Crippen molar-refractivity contribution in [2.75, 3.05) is 42.1 Å². The normalized spacial score (nSPS) is 13.4. The molecule has 1 aliphatic heterocycles. The summed E-state index contributed by atoms with van der Waals surface area (Å²) in [5.41, 5.74) is 4.56. The van der Waals surface area contributed by atoms with E-state index in [-0.39, 0.29) is 11.8 Å². The van der Waals surface area contributed by atoms with Crippen LogP contribution in [0.25, 0.3) is 11.3 Å². The maximum Gasteiger partial charge on any atom is 0.253 e. The van der Waals surface area contributed by atoms with Gasteiger partial charge in [0.2, 0.25) is 5.91 Å². The minimum atomic E-state index is -0.0637. The summed E-state index contributed by atoms with van der Waals surface area (Å²) in [6.45, 7) is 2.92. The maximum atomic E-state index is 12.7. The predicted octanol–water partition coefficient (Wildman–Crippen LogP) is 6.27. The van der Waals surface area contributed by atoms with Gasteiger partial charge in [-0.15, -0.1) is 11.3 Å². The van der Waals surface area contributed by atoms with Gasteiger partial charge in [-0.05, 0) is 48.5 Å². The van der Waals surface area contributed by atoms with Gasteiger partial charge in [0.1, 0.15) is 0 Å². The zero-order chi connectivity index (χ0) is 25.6. The van der Waals surface area contributed by atoms with Crippen LogP contribution >= 0.6 is 39.0 Å². The van der Waals surface area contributed by atoms with Crippen LogP contribution in [0.5, 0.6) is 0 Å². The van der Waals surface area contributed by atoms with Crippen molar-refractivity contribution >= 4 is 62.2 Å². The zero-order valence-electron chi connectivity index (χ0n) is 20.0. The largest absolute Gasteiger partial charge is 0.368 e. The molecule has 1 saturated heterocycles. The lowest BCUT2D eigenvalue weighted by atomic mass is 10.1. The Morgan fingerprint density at radius 3 is 2.32 bits per heavy atom. The number of halogens is 1. The van der Waals surface area contributed by atoms with Crippen LogP contribution in [0.1, 0.15) is 10.4 Å². The van der Waals surface area contributed by atoms with Crippen molar-refractivity contribution in [3.05, 3.63) is 94.3 Å². The average molecular weight is 594 g/mol. The smallest absolute Gasteiger partial charge is 0.253 e. The van der Waals surface area contributed by atoms with E-state index in [1.54, 1.807) is 11.3 Å². The lowest BCUT2D eigenvalue weighted by Crippen LogP contribution is -2.48. The summed E-state index contributed by atoms with van der Waals surface area (Å²) in [7, 11) is 0. The van der Waals surface area contributed by atoms with E-state index >= 15 is 0 Å². The fourth-order valence-corrected chi connectivity index (χ4v) is 5.99. The Kier molecular flexibility index (Phi) is 8.23. The first-order chi connectivity index (χ1) is 18.0. The van der Waals surface area contributed by atoms with Crippen molar-refractivity contribution in [2.24, 2.45) is 0 Å². The molecule has 0 radical (unpaired) electrons. The summed E-state index contributed by atoms with van der Waals surface area (Å²) < 4.78 is 1.90. The minimum absolute atomic E-state index is 0.0637. The van der Waals surface area contributed by atoms with Gasteiger partial charge < -0.3 is 15.1 Å². The Bertz CT molecular complexity index is 1350. The van der Waals surface area contributed by atoms with E-state index in [0.717, 1.165) is 50.1 Å². The third-order valence-corrected chi connectivity index (χ3v) is 8.60. The van der Waals surface area contributed by atoms with Gasteiger partial charge in [-0.1, -0.05) is 58.0 Å². The van der Waals surface area contributed by atoms with Crippen LogP contribution in [0, 0.1) is 0 Å². The Hall–Kier alpha value is -3.14. The number of carbonyl (C=O) groups is 2. The predicted molar refractivity (Wildman–Crippen MR) is 156 cm³/mol. The fourth-order valence-electron chi connectivity index (χ4n) is 4.09. The summed E-state index contributed by atoms with van der Waals surface area (Å²) >= 11 is 6.43. The number of rotatable bonds is 7. The molecule has 0 atom stereocenters. The van der Waals surface area contributed by atoms with Crippen LogP contribution in [0.3, 0.4) is 0 Å². The molecule has 9 heteroatoms. The minimum Gasteiger partial charge on any atom is -0.368 e. The Balaban J connectivity index is 1.08. The molecule has 0 bridgehead atoms. The van der Waals surface area contributed by atoms with Crippen molar-refractivity contribution in [2.45, 2.75) is 4.34 Å². The lowest BCUT2D eigenvalue weighted by molar-refractivity contribution is -0.113. The van der Waals surface area contributed by atoms with Gasteiger partial charge in [0.25, 0.3) is 5.91 Å². The number of thiazole rings is 1. The number of carbonyl (C=O) groups excluding carboxylic acids is 2. The molecular weight excluding hydrogens is 568 g/mol. The van der Waals surface area contributed by atoms with E-state index in [4.69, 9.17) is 0 Å². The van der Waals surface area contributed by atoms with Gasteiger partial charge in [0.15, 0.2) is 4.34 Å². The molecule has 2 heterocycles. The topological polar surface area (TPSA) is 65.5 Å². The van der Waals surface area contributed by atoms with Crippen molar-refractivity contribution in [3.8, 4) is 11.3 Å². The third-order valence-electron chi connectivity index (χ3n) is 6.05. The summed E-state index contributed by atoms with van der Waals surface area (Å²) in [6, 6.07) is 25.3. The molecule has 2 amide bonds. The third kappa shape index (κ3) is 6.60. The van der Waals surface area contributed by atoms with Crippen molar-refractivity contribution in [1.82, 2.24) is 9.88 Å². The molecule has 1 aromatic heterocycles. The number of nitrogens with one attached hydrogen (secondary N) is 1. The summed E-state index contributed by atoms with van der Waals surface area (Å²) in [5.74, 6) is 0.316. The molecule has 1 aliphatic rings. The molecule has 37 heavy (non-hydrogen) atoms. The van der Waals surface area contributed by atoms with E-state index in [9.17, 15) is 9.59 Å². The molecule has 3 aromatic carbocycles. The molecule has 4 aromatic rings. The number of amides is 2. The first kappa shape index (κ1) is 25.5. The maximum absolute atomic E-state index is 12.7. The Morgan fingerprint density at radius 2 is 1.62 bits per heavy atom. The number of anilines is 2. The van der Waals surface area contributed by atoms with Crippen LogP contribution in [-0.2, 0) is 4.79 Å². The fraction of sp³-hybridized carbons (Fsp3) is 0.179. The molecule has 0 unspecified atom stereocenters. The standard InChI is InChI=1S/C28H25BrN4O2S2/c29-22-8-6-20(7-9-22)25-18-36-28(31-25)37-19-26(34)30-23-10-12-24(13-11-23)32-14-16-33(17-15-32)27(35)21-4-2-1-3-5-21/h1-13,18H,14-17,19H2,(H,30,34). The van der Waals surface area contributed by atoms with Crippen molar-refractivity contribution in [3.63, 3.8) is 0 Å². The molecule has 6 nitrogen and oxygen atoms in total. The van der Waals surface area contributed by atoms with Crippen LogP contribution in [0.15, 0.2) is 93.1 Å². The molecule has 0 saturated carbocycles. The monoisotopic (exact) mass is 592 g/mol. The molecule has 1 fully saturated rings. The highest BCUT2D eigenvalue weighted by atomic mass is 79.9. The first-order valence-electron chi connectivity index (χ1n) is 11.9. The van der Waals surface area contributed by atoms with Crippen LogP contribution in [0.4, 0.5) is 11.4 Å². The van der Waals surface area contributed by atoms with E-state index < -0.39 is 0 Å². The number of aromatic nitrogens is 1. The summed E-state index contributed by atoms with van der Waals surface area (Å²) in [5, 5.41) is 4.98. The van der Waals surface area contributed by atoms with Gasteiger partial charge in [-0.25, -0.2) is 4.98 Å². The average Bonchev–Trinajstić information content (AvgIpc) is 3.42. The quantitative estimate of drug-likeness (QED) is 0.256. The second kappa shape index (κ2) is 11.9. The molecule has 1 N–H and O–H groups in total. The highest BCUT2D eigenvalue weighted by Crippen LogP contribution is 2.29. The highest BCUT2D eigenvalue weighted by molar-refractivity contribution is 9.10. The van der Waals surface area contributed by atoms with Gasteiger partial charge in [-0.3, -0.25) is 9.59 Å². The van der Waals surface area contributed by atoms with Gasteiger partial charge >= 0.3 is 0 Å². The van der Waals surface area contributed by atoms with E-state index in [1.807, 2.05) is 89.1 Å².